The molecule has 2 fully saturated rings. The zero-order valence-corrected chi connectivity index (χ0v) is 53.0. The lowest BCUT2D eigenvalue weighted by Crippen LogP contribution is -2.46. The lowest BCUT2D eigenvalue weighted by molar-refractivity contribution is -0.462. The fraction of sp³-hybridized carbons (Fsp3) is 0.426. The summed E-state index contributed by atoms with van der Waals surface area (Å²) in [5.41, 5.74) is 8.24. The standard InChI is InChI=1S/C68H77FN12O13/c1-77(2)49-13-16-53-59(34-49)94-60-35-50(78(3)4)14-17-54(60)63(53)52-15-12-44(30-55(52)68(88)89)65(85)73-21-23-91-25-27-93-29-28-92-26-24-90-22-18-61(82)71-19-20-72-64(84)43-10-8-42(9-11-43)58-41-80(76-75-58)38-46-7-5-6-45-37-79(40-56(45)46)62(83)32-47-31-57(74-66(47)86)67(87)81-39-48(69)33-51(81)36-70/h5-17,30,34-35,41,47-48,51,53,57,63H,18-29,31-33,37-40H2,1-4H3,(H4-,71,72,73,74,82,84,85,86,88,89)/p+1/t47-,48-,51-,53?,57-,63?/m0/s1. The van der Waals surface area contributed by atoms with E-state index in [0.29, 0.717) is 74.4 Å². The van der Waals surface area contributed by atoms with Gasteiger partial charge < -0.3 is 64.8 Å². The lowest BCUT2D eigenvalue weighted by Gasteiger charge is -2.36. The maximum absolute atomic E-state index is 14.0. The monoisotopic (exact) mass is 1290 g/mol. The Balaban J connectivity index is 0.546. The van der Waals surface area contributed by atoms with Crippen molar-refractivity contribution in [2.24, 2.45) is 11.8 Å². The highest BCUT2D eigenvalue weighted by Gasteiger charge is 2.45. The molecule has 94 heavy (non-hydrogen) atoms. The van der Waals surface area contributed by atoms with Crippen LogP contribution in [-0.2, 0) is 57.8 Å². The molecule has 25 nitrogen and oxygen atoms in total. The van der Waals surface area contributed by atoms with Gasteiger partial charge >= 0.3 is 5.97 Å². The lowest BCUT2D eigenvalue weighted by atomic mass is 9.74. The number of rotatable bonds is 29. The summed E-state index contributed by atoms with van der Waals surface area (Å²) in [5.74, 6) is -3.24. The zero-order valence-electron chi connectivity index (χ0n) is 53.0. The van der Waals surface area contributed by atoms with Gasteiger partial charge in [0.1, 0.15) is 49.6 Å². The number of carboxylic acids is 1. The molecule has 4 aromatic carbocycles. The van der Waals surface area contributed by atoms with Crippen molar-refractivity contribution in [3.05, 3.63) is 154 Å². The number of nitrogens with one attached hydrogen (secondary N) is 4. The highest BCUT2D eigenvalue weighted by atomic mass is 19.1. The number of carbonyl (C=O) groups is 7. The first-order valence-electron chi connectivity index (χ1n) is 31.4. The van der Waals surface area contributed by atoms with Crippen LogP contribution in [0.4, 0.5) is 10.1 Å². The molecular formula is C68H78FN12O13+. The van der Waals surface area contributed by atoms with Crippen LogP contribution in [0.5, 0.6) is 5.75 Å². The molecule has 4 aliphatic heterocycles. The van der Waals surface area contributed by atoms with E-state index in [0.717, 1.165) is 39.2 Å². The summed E-state index contributed by atoms with van der Waals surface area (Å²) in [6.45, 7) is 3.77. The Morgan fingerprint density at radius 1 is 0.830 bits per heavy atom. The van der Waals surface area contributed by atoms with Crippen molar-refractivity contribution in [3.63, 3.8) is 0 Å². The van der Waals surface area contributed by atoms with Crippen molar-refractivity contribution < 1.29 is 71.3 Å². The Morgan fingerprint density at radius 3 is 2.24 bits per heavy atom. The number of benzene rings is 4. The number of halogens is 1. The minimum atomic E-state index is -1.30. The second kappa shape index (κ2) is 31.3. The molecule has 2 saturated heterocycles. The van der Waals surface area contributed by atoms with Gasteiger partial charge in [0.2, 0.25) is 29.3 Å². The van der Waals surface area contributed by atoms with Gasteiger partial charge in [-0.15, -0.1) is 5.10 Å². The van der Waals surface area contributed by atoms with Gasteiger partial charge in [-0.2, -0.15) is 5.26 Å². The van der Waals surface area contributed by atoms with Gasteiger partial charge in [-0.3, -0.25) is 28.8 Å². The third kappa shape index (κ3) is 16.6. The molecule has 5 heterocycles. The summed E-state index contributed by atoms with van der Waals surface area (Å²) in [6, 6.07) is 23.6. The molecule has 0 saturated carbocycles. The first-order chi connectivity index (χ1) is 45.4. The number of anilines is 1. The summed E-state index contributed by atoms with van der Waals surface area (Å²) in [6.07, 6.45) is 6.61. The summed E-state index contributed by atoms with van der Waals surface area (Å²) in [4.78, 5) is 95.7. The molecule has 1 aromatic heterocycles. The maximum atomic E-state index is 14.0. The predicted octanol–water partition coefficient (Wildman–Crippen LogP) is 4.00. The Hall–Kier alpha value is -9.68. The number of ether oxygens (including phenoxy) is 5. The Labute approximate surface area is 543 Å². The van der Waals surface area contributed by atoms with E-state index in [1.54, 1.807) is 52.2 Å². The third-order valence-electron chi connectivity index (χ3n) is 17.1. The summed E-state index contributed by atoms with van der Waals surface area (Å²) in [7, 11) is 7.79. The maximum Gasteiger partial charge on any atom is 0.336 e. The van der Waals surface area contributed by atoms with Crippen molar-refractivity contribution in [2.75, 3.05) is 112 Å². The summed E-state index contributed by atoms with van der Waals surface area (Å²) >= 11 is 0. The largest absolute Gasteiger partial charge is 0.478 e. The van der Waals surface area contributed by atoms with Gasteiger partial charge in [-0.05, 0) is 59.0 Å². The normalized spacial score (nSPS) is 19.3. The first kappa shape index (κ1) is 67.2. The quantitative estimate of drug-likeness (QED) is 0.0334. The molecule has 10 rings (SSSR count). The minimum absolute atomic E-state index is 0.0354. The van der Waals surface area contributed by atoms with E-state index in [2.05, 4.69) is 31.6 Å². The van der Waals surface area contributed by atoms with Crippen LogP contribution in [0, 0.1) is 23.2 Å². The van der Waals surface area contributed by atoms with Gasteiger partial charge in [0.15, 0.2) is 0 Å². The van der Waals surface area contributed by atoms with Gasteiger partial charge in [-0.25, -0.2) is 18.4 Å². The molecule has 2 unspecified atom stereocenters. The molecule has 1 aliphatic carbocycles. The number of hydrogen-bond acceptors (Lipinski definition) is 16. The Kier molecular flexibility index (Phi) is 22.4. The number of fused-ring (bicyclic) bond motifs is 3. The molecule has 5 aromatic rings. The van der Waals surface area contributed by atoms with Crippen molar-refractivity contribution in [3.8, 4) is 23.1 Å². The van der Waals surface area contributed by atoms with E-state index in [1.165, 1.54) is 11.0 Å². The van der Waals surface area contributed by atoms with Crippen molar-refractivity contribution in [1.29, 1.82) is 5.26 Å². The van der Waals surface area contributed by atoms with Crippen LogP contribution in [0.1, 0.15) is 90.5 Å². The van der Waals surface area contributed by atoms with Crippen LogP contribution in [0.15, 0.2) is 109 Å². The van der Waals surface area contributed by atoms with Gasteiger partial charge in [0.05, 0.1) is 83.8 Å². The topological polar surface area (TPSA) is 301 Å². The number of allylic oxidation sites excluding steroid dienone is 3. The zero-order chi connectivity index (χ0) is 66.4. The van der Waals surface area contributed by atoms with Crippen LogP contribution >= 0.6 is 0 Å². The van der Waals surface area contributed by atoms with Crippen LogP contribution in [0.2, 0.25) is 0 Å². The fourth-order valence-corrected chi connectivity index (χ4v) is 12.1. The van der Waals surface area contributed by atoms with Crippen LogP contribution in [0.3, 0.4) is 0 Å². The molecule has 0 radical (unpaired) electrons. The second-order valence-electron chi connectivity index (χ2n) is 24.0. The van der Waals surface area contributed by atoms with E-state index in [1.807, 2.05) is 98.4 Å². The van der Waals surface area contributed by atoms with Crippen molar-refractivity contribution in [2.45, 2.75) is 69.5 Å². The van der Waals surface area contributed by atoms with E-state index in [-0.39, 0.29) is 119 Å². The number of nitrogens with zero attached hydrogens (tertiary/aromatic N) is 8. The fourth-order valence-electron chi connectivity index (χ4n) is 12.1. The van der Waals surface area contributed by atoms with Gasteiger partial charge in [0.25, 0.3) is 11.8 Å². The Bertz CT molecular complexity index is 3780. The third-order valence-corrected chi connectivity index (χ3v) is 17.1. The SMILES string of the molecule is CN(C)c1ccc2c(c1)OC1=CC(=[N+](C)C)C=CC1C2c1ccc(C(=O)NCCOCCOCCOCCOCCC(=O)NCCNC(=O)c2ccc(-c3cn(Cc4cccc5c4CN(C(=O)C[C@@H]4C[C@@H](C(=O)N6C[C@@H](F)C[C@H]6C#N)NC4=O)C5)nn3)cc2)cc1C(=O)O. The van der Waals surface area contributed by atoms with Crippen molar-refractivity contribution in [1.82, 2.24) is 46.1 Å². The highest BCUT2D eigenvalue weighted by Crippen LogP contribution is 2.49. The first-order valence-corrected chi connectivity index (χ1v) is 31.4. The minimum Gasteiger partial charge on any atom is -0.478 e. The molecule has 6 amide bonds. The molecular weight excluding hydrogens is 1210 g/mol. The molecule has 6 atom stereocenters. The number of carboxylic acid groups (broad SMARTS) is 1. The van der Waals surface area contributed by atoms with Crippen LogP contribution in [0.25, 0.3) is 11.3 Å². The predicted molar refractivity (Wildman–Crippen MR) is 341 cm³/mol. The molecule has 26 heteroatoms. The molecule has 0 bridgehead atoms. The smallest absolute Gasteiger partial charge is 0.336 e. The average Bonchev–Trinajstić information content (AvgIpc) is 1.04. The number of carbonyl (C=O) groups excluding carboxylic acids is 6. The number of hydrogen-bond donors (Lipinski definition) is 5. The van der Waals surface area contributed by atoms with Gasteiger partial charge in [0, 0.05) is 130 Å². The highest BCUT2D eigenvalue weighted by molar-refractivity contribution is 6.02. The Morgan fingerprint density at radius 2 is 1.52 bits per heavy atom. The molecule has 5 aliphatic rings. The number of nitriles is 1. The average molecular weight is 1290 g/mol. The number of aromatic carboxylic acids is 1. The van der Waals surface area contributed by atoms with Crippen LogP contribution in [-0.4, -0.2) is 207 Å². The number of likely N-dealkylation sites (tertiary alicyclic amines) is 1. The summed E-state index contributed by atoms with van der Waals surface area (Å²) < 4.78 is 46.4. The van der Waals surface area contributed by atoms with Crippen molar-refractivity contribution >= 4 is 52.8 Å². The number of alkyl halides is 1. The van der Waals surface area contributed by atoms with E-state index >= 15 is 0 Å². The number of amides is 6. The van der Waals surface area contributed by atoms with E-state index in [9.17, 15) is 48.3 Å². The van der Waals surface area contributed by atoms with E-state index in [4.69, 9.17) is 23.7 Å². The number of aromatic nitrogens is 3. The molecule has 494 valence electrons. The molecule has 0 spiro atoms. The van der Waals surface area contributed by atoms with Gasteiger partial charge in [-0.1, -0.05) is 53.8 Å². The summed E-state index contributed by atoms with van der Waals surface area (Å²) in [5, 5.41) is 39.6. The van der Waals surface area contributed by atoms with Crippen LogP contribution < -0.4 is 30.9 Å². The van der Waals surface area contributed by atoms with E-state index < -0.39 is 47.9 Å². The molecule has 5 N–H and O–H groups in total. The second-order valence-corrected chi connectivity index (χ2v) is 24.0.